The van der Waals surface area contributed by atoms with Crippen molar-refractivity contribution >= 4 is 6.29 Å². The lowest BCUT2D eigenvalue weighted by atomic mass is 9.34. The van der Waals surface area contributed by atoms with Crippen molar-refractivity contribution in [3.8, 4) is 0 Å². The average molecular weight is 178 g/mol. The quantitative estimate of drug-likeness (QED) is 0.477. The number of allylic oxidation sites excluding steroid dienone is 2. The molecule has 72 valence electrons. The Bertz CT molecular complexity index is 243. The van der Waals surface area contributed by atoms with Gasteiger partial charge in [-0.15, -0.1) is 0 Å². The highest BCUT2D eigenvalue weighted by Crippen LogP contribution is 2.75. The zero-order valence-corrected chi connectivity index (χ0v) is 8.60. The van der Waals surface area contributed by atoms with Gasteiger partial charge in [0, 0.05) is 0 Å². The monoisotopic (exact) mass is 178 g/mol. The molecule has 3 fully saturated rings. The second kappa shape index (κ2) is 2.70. The van der Waals surface area contributed by atoms with Gasteiger partial charge >= 0.3 is 0 Å². The first-order valence-electron chi connectivity index (χ1n) is 5.28. The van der Waals surface area contributed by atoms with Gasteiger partial charge in [-0.25, -0.2) is 0 Å². The number of aldehydes is 1. The number of rotatable bonds is 4. The van der Waals surface area contributed by atoms with Crippen LogP contribution in [0.25, 0.3) is 0 Å². The molecule has 0 aromatic carbocycles. The molecule has 0 aliphatic heterocycles. The summed E-state index contributed by atoms with van der Waals surface area (Å²) in [5, 5.41) is 0. The summed E-state index contributed by atoms with van der Waals surface area (Å²) in [6.07, 6.45) is 9.93. The number of hydrogen-bond acceptors (Lipinski definition) is 1. The smallest absolute Gasteiger partial charge is 0.145 e. The molecule has 0 aromatic heterocycles. The minimum atomic E-state index is 0.458. The minimum absolute atomic E-state index is 0.458. The van der Waals surface area contributed by atoms with Crippen LogP contribution in [0.2, 0.25) is 0 Å². The highest BCUT2D eigenvalue weighted by atomic mass is 16.1. The molecule has 0 unspecified atom stereocenters. The van der Waals surface area contributed by atoms with E-state index in [4.69, 9.17) is 0 Å². The van der Waals surface area contributed by atoms with E-state index in [2.05, 4.69) is 13.0 Å². The molecular weight excluding hydrogens is 160 g/mol. The fourth-order valence-electron chi connectivity index (χ4n) is 3.55. The number of carbonyl (C=O) groups is 1. The molecule has 0 heterocycles. The van der Waals surface area contributed by atoms with E-state index in [-0.39, 0.29) is 0 Å². The first-order chi connectivity index (χ1) is 6.14. The topological polar surface area (TPSA) is 17.1 Å². The maximum Gasteiger partial charge on any atom is 0.145 e. The van der Waals surface area contributed by atoms with Gasteiger partial charge in [-0.1, -0.05) is 19.4 Å². The van der Waals surface area contributed by atoms with Gasteiger partial charge in [0.25, 0.3) is 0 Å². The second-order valence-corrected chi connectivity index (χ2v) is 5.15. The van der Waals surface area contributed by atoms with Crippen molar-refractivity contribution in [1.82, 2.24) is 0 Å². The lowest BCUT2D eigenvalue weighted by Gasteiger charge is -2.70. The zero-order valence-electron chi connectivity index (χ0n) is 8.60. The van der Waals surface area contributed by atoms with Crippen LogP contribution >= 0.6 is 0 Å². The molecule has 3 aliphatic carbocycles. The van der Waals surface area contributed by atoms with Crippen molar-refractivity contribution in [1.29, 1.82) is 0 Å². The van der Waals surface area contributed by atoms with Gasteiger partial charge in [-0.05, 0) is 49.0 Å². The molecule has 1 nitrogen and oxygen atoms in total. The fourth-order valence-corrected chi connectivity index (χ4v) is 3.55. The summed E-state index contributed by atoms with van der Waals surface area (Å²) in [5.41, 5.74) is 2.08. The van der Waals surface area contributed by atoms with Crippen molar-refractivity contribution < 1.29 is 4.79 Å². The van der Waals surface area contributed by atoms with Crippen molar-refractivity contribution in [2.45, 2.75) is 46.0 Å². The van der Waals surface area contributed by atoms with Gasteiger partial charge in [-0.3, -0.25) is 4.79 Å². The Balaban J connectivity index is 1.93. The van der Waals surface area contributed by atoms with Gasteiger partial charge in [0.2, 0.25) is 0 Å². The van der Waals surface area contributed by atoms with E-state index in [1.54, 1.807) is 0 Å². The van der Waals surface area contributed by atoms with E-state index in [0.717, 1.165) is 11.9 Å². The molecule has 2 bridgehead atoms. The largest absolute Gasteiger partial charge is 0.298 e. The molecule has 3 aliphatic rings. The lowest BCUT2D eigenvalue weighted by Crippen LogP contribution is -2.60. The summed E-state index contributed by atoms with van der Waals surface area (Å²) in [7, 11) is 0. The van der Waals surface area contributed by atoms with Crippen LogP contribution in [0.5, 0.6) is 0 Å². The Morgan fingerprint density at radius 3 is 2.46 bits per heavy atom. The van der Waals surface area contributed by atoms with Gasteiger partial charge < -0.3 is 0 Å². The Kier molecular flexibility index (Phi) is 1.86. The molecule has 0 N–H and O–H groups in total. The number of hydrogen-bond donors (Lipinski definition) is 0. The molecular formula is C12H18O. The van der Waals surface area contributed by atoms with Crippen LogP contribution in [0, 0.1) is 10.8 Å². The van der Waals surface area contributed by atoms with E-state index in [1.807, 2.05) is 6.92 Å². The summed E-state index contributed by atoms with van der Waals surface area (Å²) in [5.74, 6) is 0. The van der Waals surface area contributed by atoms with Gasteiger partial charge in [0.15, 0.2) is 0 Å². The lowest BCUT2D eigenvalue weighted by molar-refractivity contribution is -0.173. The van der Waals surface area contributed by atoms with Crippen LogP contribution in [0.1, 0.15) is 46.0 Å². The molecule has 0 amide bonds. The summed E-state index contributed by atoms with van der Waals surface area (Å²) >= 11 is 0. The predicted molar refractivity (Wildman–Crippen MR) is 53.4 cm³/mol. The van der Waals surface area contributed by atoms with Gasteiger partial charge in [0.05, 0.1) is 0 Å². The molecule has 0 saturated heterocycles. The third-order valence-corrected chi connectivity index (χ3v) is 3.68. The van der Waals surface area contributed by atoms with E-state index >= 15 is 0 Å². The molecule has 0 spiro atoms. The van der Waals surface area contributed by atoms with Crippen LogP contribution in [0.15, 0.2) is 11.6 Å². The van der Waals surface area contributed by atoms with Crippen LogP contribution in [-0.4, -0.2) is 6.29 Å². The van der Waals surface area contributed by atoms with Gasteiger partial charge in [0.1, 0.15) is 6.29 Å². The molecule has 0 atom stereocenters. The highest BCUT2D eigenvalue weighted by Gasteiger charge is 2.65. The van der Waals surface area contributed by atoms with Crippen LogP contribution < -0.4 is 0 Å². The van der Waals surface area contributed by atoms with Crippen LogP contribution in [0.3, 0.4) is 0 Å². The summed E-state index contributed by atoms with van der Waals surface area (Å²) < 4.78 is 0. The number of carbonyl (C=O) groups excluding carboxylic acids is 1. The van der Waals surface area contributed by atoms with E-state index in [9.17, 15) is 4.79 Å². The first kappa shape index (κ1) is 8.98. The van der Waals surface area contributed by atoms with E-state index in [1.165, 1.54) is 32.1 Å². The third-order valence-electron chi connectivity index (χ3n) is 3.68. The van der Waals surface area contributed by atoms with Crippen molar-refractivity contribution in [3.63, 3.8) is 0 Å². The maximum atomic E-state index is 10.5. The summed E-state index contributed by atoms with van der Waals surface area (Å²) in [6.45, 7) is 4.18. The molecule has 3 rings (SSSR count). The van der Waals surface area contributed by atoms with E-state index in [0.29, 0.717) is 10.8 Å². The van der Waals surface area contributed by atoms with Crippen LogP contribution in [-0.2, 0) is 4.79 Å². The third kappa shape index (κ3) is 1.25. The van der Waals surface area contributed by atoms with Crippen molar-refractivity contribution in [2.24, 2.45) is 10.8 Å². The Morgan fingerprint density at radius 1 is 1.38 bits per heavy atom. The normalized spacial score (nSPS) is 42.2. The molecule has 13 heavy (non-hydrogen) atoms. The van der Waals surface area contributed by atoms with E-state index < -0.39 is 0 Å². The Labute approximate surface area is 80.2 Å². The maximum absolute atomic E-state index is 10.5. The van der Waals surface area contributed by atoms with Gasteiger partial charge in [-0.2, -0.15) is 0 Å². The first-order valence-corrected chi connectivity index (χ1v) is 5.28. The molecule has 1 heteroatoms. The predicted octanol–water partition coefficient (Wildman–Crippen LogP) is 3.10. The zero-order chi connectivity index (χ0) is 9.53. The summed E-state index contributed by atoms with van der Waals surface area (Å²) in [4.78, 5) is 10.5. The standard InChI is InChI=1S/C12H18O/c1-3-4-11-7-12(8-11,9-11)5-10(2)6-13/h5-6H,3-4,7-9H2,1-2H3/b10-5+. The Morgan fingerprint density at radius 2 is 2.00 bits per heavy atom. The Hall–Kier alpha value is -0.590. The van der Waals surface area contributed by atoms with Crippen molar-refractivity contribution in [2.75, 3.05) is 0 Å². The van der Waals surface area contributed by atoms with Crippen LogP contribution in [0.4, 0.5) is 0 Å². The van der Waals surface area contributed by atoms with Crippen molar-refractivity contribution in [3.05, 3.63) is 11.6 Å². The SMILES string of the molecule is CCCC12CC(/C=C(\C)C=O)(C1)C2. The fraction of sp³-hybridized carbons (Fsp3) is 0.750. The second-order valence-electron chi connectivity index (χ2n) is 5.15. The highest BCUT2D eigenvalue weighted by molar-refractivity contribution is 5.72. The molecule has 0 aromatic rings. The average Bonchev–Trinajstić information content (AvgIpc) is 1.98. The summed E-state index contributed by atoms with van der Waals surface area (Å²) in [6, 6.07) is 0. The molecule has 3 saturated carbocycles. The minimum Gasteiger partial charge on any atom is -0.298 e. The molecule has 0 radical (unpaired) electrons.